The summed E-state index contributed by atoms with van der Waals surface area (Å²) in [6.07, 6.45) is 5.22. The highest BCUT2D eigenvalue weighted by Crippen LogP contribution is 2.47. The summed E-state index contributed by atoms with van der Waals surface area (Å²) in [5.74, 6) is 0.610. The third-order valence-electron chi connectivity index (χ3n) is 4.14. The van der Waals surface area contributed by atoms with Crippen molar-refractivity contribution in [2.75, 3.05) is 12.5 Å². The molecule has 94 valence electrons. The lowest BCUT2D eigenvalue weighted by Crippen LogP contribution is -2.21. The molecular formula is C10H18O4S2. The standard InChI is InChI=1S/C10H18O4S2/c1-15(11,12)9-3-7-5-10(16(2,13)14)6-8(7)4-9/h7-10H,3-6H2,1-2H3. The van der Waals surface area contributed by atoms with Crippen LogP contribution >= 0.6 is 0 Å². The van der Waals surface area contributed by atoms with E-state index in [-0.39, 0.29) is 10.5 Å². The van der Waals surface area contributed by atoms with Crippen molar-refractivity contribution < 1.29 is 16.8 Å². The molecule has 0 amide bonds. The molecule has 0 bridgehead atoms. The Bertz CT molecular complexity index is 419. The number of rotatable bonds is 2. The Kier molecular flexibility index (Phi) is 2.86. The molecule has 0 atom stereocenters. The Morgan fingerprint density at radius 1 is 0.688 bits per heavy atom. The highest BCUT2D eigenvalue weighted by atomic mass is 32.2. The molecule has 2 aliphatic carbocycles. The van der Waals surface area contributed by atoms with Crippen LogP contribution in [0.5, 0.6) is 0 Å². The molecular weight excluding hydrogens is 248 g/mol. The topological polar surface area (TPSA) is 68.3 Å². The SMILES string of the molecule is CS(=O)(=O)C1CC2CC(S(C)(=O)=O)CC2C1. The fourth-order valence-corrected chi connectivity index (χ4v) is 5.59. The second-order valence-corrected chi connectivity index (χ2v) is 10.0. The van der Waals surface area contributed by atoms with Gasteiger partial charge in [-0.05, 0) is 37.5 Å². The highest BCUT2D eigenvalue weighted by molar-refractivity contribution is 7.91. The van der Waals surface area contributed by atoms with E-state index in [1.165, 1.54) is 12.5 Å². The molecule has 0 saturated heterocycles. The van der Waals surface area contributed by atoms with Gasteiger partial charge in [0.2, 0.25) is 0 Å². The van der Waals surface area contributed by atoms with Gasteiger partial charge < -0.3 is 0 Å². The lowest BCUT2D eigenvalue weighted by atomic mass is 10.0. The van der Waals surface area contributed by atoms with Crippen LogP contribution in [-0.2, 0) is 19.7 Å². The second-order valence-electron chi connectivity index (χ2n) is 5.37. The minimum absolute atomic E-state index is 0.233. The predicted molar refractivity (Wildman–Crippen MR) is 62.7 cm³/mol. The lowest BCUT2D eigenvalue weighted by molar-refractivity contribution is 0.457. The van der Waals surface area contributed by atoms with Gasteiger partial charge >= 0.3 is 0 Å². The van der Waals surface area contributed by atoms with E-state index in [9.17, 15) is 16.8 Å². The second kappa shape index (κ2) is 3.70. The average Bonchev–Trinajstić information content (AvgIpc) is 2.53. The summed E-state index contributed by atoms with van der Waals surface area (Å²) in [5, 5.41) is -0.467. The van der Waals surface area contributed by atoms with Crippen LogP contribution in [0.3, 0.4) is 0 Å². The zero-order chi connectivity index (χ0) is 12.1. The summed E-state index contributed by atoms with van der Waals surface area (Å²) in [5.41, 5.74) is 0. The molecule has 2 saturated carbocycles. The maximum absolute atomic E-state index is 11.4. The van der Waals surface area contributed by atoms with Gasteiger partial charge in [-0.15, -0.1) is 0 Å². The molecule has 6 heteroatoms. The monoisotopic (exact) mass is 266 g/mol. The summed E-state index contributed by atoms with van der Waals surface area (Å²) in [6.45, 7) is 0. The Morgan fingerprint density at radius 2 is 0.938 bits per heavy atom. The first-order valence-corrected chi connectivity index (χ1v) is 9.46. The van der Waals surface area contributed by atoms with E-state index < -0.39 is 19.7 Å². The lowest BCUT2D eigenvalue weighted by Gasteiger charge is -2.12. The Balaban J connectivity index is 2.07. The number of sulfone groups is 2. The van der Waals surface area contributed by atoms with Crippen molar-refractivity contribution in [1.82, 2.24) is 0 Å². The summed E-state index contributed by atoms with van der Waals surface area (Å²) in [6, 6.07) is 0. The van der Waals surface area contributed by atoms with Crippen LogP contribution in [0.1, 0.15) is 25.7 Å². The first kappa shape index (κ1) is 12.4. The van der Waals surface area contributed by atoms with Gasteiger partial charge in [0, 0.05) is 12.5 Å². The predicted octanol–water partition coefficient (Wildman–Crippen LogP) is 0.633. The first-order valence-electron chi connectivity index (χ1n) is 5.55. The minimum atomic E-state index is -2.95. The zero-order valence-electron chi connectivity index (χ0n) is 9.59. The average molecular weight is 266 g/mol. The molecule has 0 radical (unpaired) electrons. The van der Waals surface area contributed by atoms with E-state index in [0.717, 1.165) is 0 Å². The minimum Gasteiger partial charge on any atom is -0.229 e. The van der Waals surface area contributed by atoms with Crippen LogP contribution in [0.15, 0.2) is 0 Å². The normalized spacial score (nSPS) is 39.9. The van der Waals surface area contributed by atoms with Crippen molar-refractivity contribution in [1.29, 1.82) is 0 Å². The van der Waals surface area contributed by atoms with Crippen LogP contribution in [0.25, 0.3) is 0 Å². The molecule has 2 fully saturated rings. The van der Waals surface area contributed by atoms with Crippen molar-refractivity contribution in [2.24, 2.45) is 11.8 Å². The van der Waals surface area contributed by atoms with Crippen molar-refractivity contribution in [3.05, 3.63) is 0 Å². The molecule has 0 spiro atoms. The van der Waals surface area contributed by atoms with Gasteiger partial charge in [-0.1, -0.05) is 0 Å². The molecule has 16 heavy (non-hydrogen) atoms. The number of fused-ring (bicyclic) bond motifs is 1. The highest BCUT2D eigenvalue weighted by Gasteiger charge is 2.47. The molecule has 0 heterocycles. The summed E-state index contributed by atoms with van der Waals surface area (Å²) in [4.78, 5) is 0. The largest absolute Gasteiger partial charge is 0.229 e. The molecule has 0 unspecified atom stereocenters. The van der Waals surface area contributed by atoms with Crippen LogP contribution in [0, 0.1) is 11.8 Å². The third kappa shape index (κ3) is 2.27. The van der Waals surface area contributed by atoms with Gasteiger partial charge in [-0.3, -0.25) is 0 Å². The van der Waals surface area contributed by atoms with Gasteiger partial charge in [0.25, 0.3) is 0 Å². The van der Waals surface area contributed by atoms with E-state index >= 15 is 0 Å². The Morgan fingerprint density at radius 3 is 1.12 bits per heavy atom. The molecule has 2 aliphatic rings. The van der Waals surface area contributed by atoms with E-state index in [0.29, 0.717) is 37.5 Å². The molecule has 0 aliphatic heterocycles. The van der Waals surface area contributed by atoms with Crippen molar-refractivity contribution in [3.8, 4) is 0 Å². The first-order chi connectivity index (χ1) is 7.18. The van der Waals surface area contributed by atoms with Crippen molar-refractivity contribution in [3.63, 3.8) is 0 Å². The molecule has 0 aromatic carbocycles. The van der Waals surface area contributed by atoms with Crippen molar-refractivity contribution in [2.45, 2.75) is 36.2 Å². The molecule has 0 N–H and O–H groups in total. The van der Waals surface area contributed by atoms with Gasteiger partial charge in [-0.25, -0.2) is 16.8 Å². The van der Waals surface area contributed by atoms with Gasteiger partial charge in [0.15, 0.2) is 0 Å². The smallest absolute Gasteiger partial charge is 0.150 e. The summed E-state index contributed by atoms with van der Waals surface area (Å²) in [7, 11) is -5.89. The maximum atomic E-state index is 11.4. The van der Waals surface area contributed by atoms with Gasteiger partial charge in [0.05, 0.1) is 10.5 Å². The van der Waals surface area contributed by atoms with Crippen LogP contribution in [0.4, 0.5) is 0 Å². The fourth-order valence-electron chi connectivity index (χ4n) is 3.20. The van der Waals surface area contributed by atoms with E-state index in [4.69, 9.17) is 0 Å². The van der Waals surface area contributed by atoms with Crippen LogP contribution in [0.2, 0.25) is 0 Å². The summed E-state index contributed by atoms with van der Waals surface area (Å²) < 4.78 is 45.7. The van der Waals surface area contributed by atoms with Crippen LogP contribution < -0.4 is 0 Å². The van der Waals surface area contributed by atoms with E-state index in [1.54, 1.807) is 0 Å². The van der Waals surface area contributed by atoms with E-state index in [1.807, 2.05) is 0 Å². The quantitative estimate of drug-likeness (QED) is 0.735. The van der Waals surface area contributed by atoms with Gasteiger partial charge in [-0.2, -0.15) is 0 Å². The number of hydrogen-bond acceptors (Lipinski definition) is 4. The zero-order valence-corrected chi connectivity index (χ0v) is 11.2. The van der Waals surface area contributed by atoms with Gasteiger partial charge in [0.1, 0.15) is 19.7 Å². The third-order valence-corrected chi connectivity index (χ3v) is 7.33. The summed E-state index contributed by atoms with van der Waals surface area (Å²) >= 11 is 0. The fraction of sp³-hybridized carbons (Fsp3) is 1.00. The maximum Gasteiger partial charge on any atom is 0.150 e. The Hall–Kier alpha value is -0.100. The molecule has 2 rings (SSSR count). The molecule has 0 aromatic heterocycles. The van der Waals surface area contributed by atoms with E-state index in [2.05, 4.69) is 0 Å². The molecule has 0 aromatic rings. The molecule has 4 nitrogen and oxygen atoms in total. The number of hydrogen-bond donors (Lipinski definition) is 0. The Labute approximate surface area is 97.3 Å². The van der Waals surface area contributed by atoms with Crippen molar-refractivity contribution >= 4 is 19.7 Å². The van der Waals surface area contributed by atoms with Crippen LogP contribution in [-0.4, -0.2) is 39.8 Å².